The number of hydrogen-bond acceptors (Lipinski definition) is 3. The second-order valence-electron chi connectivity index (χ2n) is 4.39. The summed E-state index contributed by atoms with van der Waals surface area (Å²) in [7, 11) is -3.62. The van der Waals surface area contributed by atoms with Gasteiger partial charge in [0.05, 0.1) is 6.04 Å². The number of nitrogens with two attached hydrogens (primary N) is 1. The predicted octanol–water partition coefficient (Wildman–Crippen LogP) is -0.0765. The van der Waals surface area contributed by atoms with Gasteiger partial charge in [-0.3, -0.25) is 5.41 Å². The van der Waals surface area contributed by atoms with Crippen LogP contribution in [0.15, 0.2) is 0 Å². The summed E-state index contributed by atoms with van der Waals surface area (Å²) in [6.45, 7) is 6.97. The fourth-order valence-electron chi connectivity index (χ4n) is 0.987. The molecule has 0 radical (unpaired) electrons. The number of rotatable bonds is 5. The second-order valence-corrected chi connectivity index (χ2v) is 5.84. The molecule has 1 unspecified atom stereocenters. The predicted molar refractivity (Wildman–Crippen MR) is 60.9 cm³/mol. The Kier molecular flexibility index (Phi) is 4.69. The molecule has 1 atom stereocenters. The van der Waals surface area contributed by atoms with Crippen LogP contribution in [0.1, 0.15) is 34.1 Å². The lowest BCUT2D eigenvalue weighted by molar-refractivity contribution is 0.480. The van der Waals surface area contributed by atoms with Crippen LogP contribution in [0.2, 0.25) is 0 Å². The van der Waals surface area contributed by atoms with Crippen molar-refractivity contribution in [2.24, 2.45) is 5.73 Å². The molecule has 0 aliphatic heterocycles. The van der Waals surface area contributed by atoms with Crippen molar-refractivity contribution in [1.29, 1.82) is 5.41 Å². The summed E-state index contributed by atoms with van der Waals surface area (Å²) < 4.78 is 27.8. The zero-order valence-corrected chi connectivity index (χ0v) is 10.4. The molecule has 90 valence electrons. The standard InChI is InChI=1S/C8H20N4O2S/c1-5-6(7(9)10)11-15(13,14)12-8(2,3)4/h6,11-12H,5H2,1-4H3,(H3,9,10). The largest absolute Gasteiger partial charge is 0.386 e. The van der Waals surface area contributed by atoms with E-state index >= 15 is 0 Å². The first-order chi connectivity index (χ1) is 6.57. The molecule has 0 heterocycles. The summed E-state index contributed by atoms with van der Waals surface area (Å²) in [5.41, 5.74) is 4.69. The molecule has 0 aliphatic rings. The highest BCUT2D eigenvalue weighted by Gasteiger charge is 2.23. The van der Waals surface area contributed by atoms with Gasteiger partial charge in [-0.2, -0.15) is 17.9 Å². The van der Waals surface area contributed by atoms with Gasteiger partial charge in [-0.25, -0.2) is 0 Å². The smallest absolute Gasteiger partial charge is 0.278 e. The summed E-state index contributed by atoms with van der Waals surface area (Å²) in [5.74, 6) is -0.184. The highest BCUT2D eigenvalue weighted by Crippen LogP contribution is 2.02. The van der Waals surface area contributed by atoms with Gasteiger partial charge in [0.15, 0.2) is 0 Å². The van der Waals surface area contributed by atoms with Crippen molar-refractivity contribution in [3.05, 3.63) is 0 Å². The van der Waals surface area contributed by atoms with Crippen LogP contribution in [0.25, 0.3) is 0 Å². The molecule has 0 aliphatic carbocycles. The number of amidine groups is 1. The minimum absolute atomic E-state index is 0.184. The Morgan fingerprint density at radius 3 is 2.20 bits per heavy atom. The molecule has 0 spiro atoms. The SMILES string of the molecule is CCC(NS(=O)(=O)NC(C)(C)C)C(=N)N. The van der Waals surface area contributed by atoms with Crippen molar-refractivity contribution in [3.63, 3.8) is 0 Å². The van der Waals surface area contributed by atoms with Gasteiger partial charge in [-0.05, 0) is 27.2 Å². The molecule has 0 fully saturated rings. The summed E-state index contributed by atoms with van der Waals surface area (Å²) in [6.07, 6.45) is 0.445. The highest BCUT2D eigenvalue weighted by atomic mass is 32.2. The molecule has 7 heteroatoms. The van der Waals surface area contributed by atoms with Crippen LogP contribution in [0.3, 0.4) is 0 Å². The molecule has 0 saturated heterocycles. The Bertz CT molecular complexity index is 318. The normalized spacial score (nSPS) is 14.9. The van der Waals surface area contributed by atoms with Crippen LogP contribution in [0.4, 0.5) is 0 Å². The Balaban J connectivity index is 4.57. The third kappa shape index (κ3) is 6.43. The van der Waals surface area contributed by atoms with Crippen LogP contribution in [-0.4, -0.2) is 25.8 Å². The minimum Gasteiger partial charge on any atom is -0.386 e. The first-order valence-corrected chi connectivity index (χ1v) is 6.21. The van der Waals surface area contributed by atoms with Crippen LogP contribution in [0, 0.1) is 5.41 Å². The van der Waals surface area contributed by atoms with Gasteiger partial charge in [-0.1, -0.05) is 6.92 Å². The van der Waals surface area contributed by atoms with Crippen LogP contribution < -0.4 is 15.2 Å². The van der Waals surface area contributed by atoms with Crippen molar-refractivity contribution in [2.75, 3.05) is 0 Å². The monoisotopic (exact) mass is 236 g/mol. The van der Waals surface area contributed by atoms with E-state index in [2.05, 4.69) is 9.44 Å². The average molecular weight is 236 g/mol. The van der Waals surface area contributed by atoms with Gasteiger partial charge in [0.1, 0.15) is 5.84 Å². The van der Waals surface area contributed by atoms with E-state index in [1.165, 1.54) is 0 Å². The molecule has 15 heavy (non-hydrogen) atoms. The van der Waals surface area contributed by atoms with E-state index in [1.807, 2.05) is 0 Å². The molecular weight excluding hydrogens is 216 g/mol. The summed E-state index contributed by atoms with van der Waals surface area (Å²) in [6, 6.07) is -0.648. The third-order valence-corrected chi connectivity index (χ3v) is 3.00. The van der Waals surface area contributed by atoms with E-state index in [4.69, 9.17) is 11.1 Å². The fourth-order valence-corrected chi connectivity index (χ4v) is 2.52. The molecule has 6 nitrogen and oxygen atoms in total. The summed E-state index contributed by atoms with van der Waals surface area (Å²) >= 11 is 0. The van der Waals surface area contributed by atoms with Gasteiger partial charge in [-0.15, -0.1) is 0 Å². The molecule has 0 rings (SSSR count). The number of hydrogen-bond donors (Lipinski definition) is 4. The molecule has 0 aromatic heterocycles. The molecule has 0 amide bonds. The van der Waals surface area contributed by atoms with Gasteiger partial charge in [0, 0.05) is 5.54 Å². The van der Waals surface area contributed by atoms with Crippen LogP contribution >= 0.6 is 0 Å². The van der Waals surface area contributed by atoms with Crippen molar-refractivity contribution in [3.8, 4) is 0 Å². The first kappa shape index (κ1) is 14.3. The van der Waals surface area contributed by atoms with E-state index < -0.39 is 21.8 Å². The average Bonchev–Trinajstić information content (AvgIpc) is 1.94. The van der Waals surface area contributed by atoms with E-state index in [-0.39, 0.29) is 5.84 Å². The summed E-state index contributed by atoms with van der Waals surface area (Å²) in [4.78, 5) is 0. The highest BCUT2D eigenvalue weighted by molar-refractivity contribution is 7.87. The molecule has 0 aromatic carbocycles. The Morgan fingerprint density at radius 2 is 1.93 bits per heavy atom. The molecule has 5 N–H and O–H groups in total. The maximum atomic E-state index is 11.5. The fraction of sp³-hybridized carbons (Fsp3) is 0.875. The van der Waals surface area contributed by atoms with Crippen molar-refractivity contribution in [1.82, 2.24) is 9.44 Å². The molecular formula is C8H20N4O2S. The van der Waals surface area contributed by atoms with Gasteiger partial charge in [0.25, 0.3) is 10.2 Å². The third-order valence-electron chi connectivity index (χ3n) is 1.52. The van der Waals surface area contributed by atoms with Crippen LogP contribution in [0.5, 0.6) is 0 Å². The first-order valence-electron chi connectivity index (χ1n) is 4.72. The molecule has 0 saturated carbocycles. The zero-order valence-electron chi connectivity index (χ0n) is 9.59. The lowest BCUT2D eigenvalue weighted by Crippen LogP contribution is -2.52. The van der Waals surface area contributed by atoms with Crippen molar-refractivity contribution in [2.45, 2.75) is 45.7 Å². The van der Waals surface area contributed by atoms with Crippen molar-refractivity contribution >= 4 is 16.0 Å². The molecule has 0 aromatic rings. The van der Waals surface area contributed by atoms with E-state index in [0.29, 0.717) is 6.42 Å². The quantitative estimate of drug-likeness (QED) is 0.396. The van der Waals surface area contributed by atoms with E-state index in [9.17, 15) is 8.42 Å². The Labute approximate surface area is 91.3 Å². The number of nitrogens with one attached hydrogen (secondary N) is 3. The van der Waals surface area contributed by atoms with E-state index in [0.717, 1.165) is 0 Å². The van der Waals surface area contributed by atoms with E-state index in [1.54, 1.807) is 27.7 Å². The van der Waals surface area contributed by atoms with Gasteiger partial charge in [0.2, 0.25) is 0 Å². The Hall–Kier alpha value is -0.660. The van der Waals surface area contributed by atoms with Gasteiger partial charge >= 0.3 is 0 Å². The maximum absolute atomic E-state index is 11.5. The Morgan fingerprint density at radius 1 is 1.47 bits per heavy atom. The zero-order chi connectivity index (χ0) is 12.3. The van der Waals surface area contributed by atoms with Crippen molar-refractivity contribution < 1.29 is 8.42 Å². The maximum Gasteiger partial charge on any atom is 0.278 e. The second kappa shape index (κ2) is 4.91. The molecule has 0 bridgehead atoms. The lowest BCUT2D eigenvalue weighted by Gasteiger charge is -2.23. The topological polar surface area (TPSA) is 108 Å². The summed E-state index contributed by atoms with van der Waals surface area (Å²) in [5, 5.41) is 7.19. The van der Waals surface area contributed by atoms with Crippen LogP contribution in [-0.2, 0) is 10.2 Å². The lowest BCUT2D eigenvalue weighted by atomic mass is 10.1. The minimum atomic E-state index is -3.62. The van der Waals surface area contributed by atoms with Gasteiger partial charge < -0.3 is 5.73 Å².